The smallest absolute Gasteiger partial charge is 0.239 e. The van der Waals surface area contributed by atoms with Crippen molar-refractivity contribution in [1.29, 1.82) is 0 Å². The molecule has 0 heterocycles. The molecule has 0 atom stereocenters. The molecular weight excluding hydrogens is 328 g/mol. The number of thiocarbonyl (C=S) groups is 1. The van der Waals surface area contributed by atoms with Gasteiger partial charge < -0.3 is 10.5 Å². The number of nitrogens with one attached hydrogen (secondary N) is 1. The lowest BCUT2D eigenvalue weighted by Gasteiger charge is -2.09. The van der Waals surface area contributed by atoms with E-state index in [1.807, 2.05) is 0 Å². The zero-order valence-electron chi connectivity index (χ0n) is 8.94. The molecule has 1 aromatic carbocycles. The van der Waals surface area contributed by atoms with E-state index in [1.54, 1.807) is 18.2 Å². The minimum absolute atomic E-state index is 0.0838. The lowest BCUT2D eigenvalue weighted by molar-refractivity contribution is 0.415. The highest BCUT2D eigenvalue weighted by molar-refractivity contribution is 9.10. The fourth-order valence-corrected chi connectivity index (χ4v) is 3.00. The maximum absolute atomic E-state index is 11.6. The van der Waals surface area contributed by atoms with Crippen LogP contribution >= 0.6 is 28.1 Å². The zero-order chi connectivity index (χ0) is 13.1. The summed E-state index contributed by atoms with van der Waals surface area (Å²) in [6, 6.07) is 4.88. The third-order valence-electron chi connectivity index (χ3n) is 1.71. The first-order valence-electron chi connectivity index (χ1n) is 4.46. The third kappa shape index (κ3) is 4.88. The van der Waals surface area contributed by atoms with Gasteiger partial charge in [-0.15, -0.1) is 0 Å². The van der Waals surface area contributed by atoms with Gasteiger partial charge in [-0.25, -0.2) is 8.42 Å². The first-order chi connectivity index (χ1) is 7.82. The van der Waals surface area contributed by atoms with E-state index in [1.165, 1.54) is 7.11 Å². The van der Waals surface area contributed by atoms with Gasteiger partial charge in [-0.1, -0.05) is 28.1 Å². The standard InChI is InChI=1S/C9H11BrN2O3S2/c1-15-8-3-6(10)2-7(4-8)12-17(13,14)5-9(11)16/h2-4,12H,5H2,1H3,(H2,11,16). The van der Waals surface area contributed by atoms with E-state index in [0.29, 0.717) is 15.9 Å². The molecule has 0 spiro atoms. The minimum Gasteiger partial charge on any atom is -0.497 e. The van der Waals surface area contributed by atoms with Gasteiger partial charge in [-0.05, 0) is 12.1 Å². The average molecular weight is 339 g/mol. The van der Waals surface area contributed by atoms with Crippen LogP contribution in [0.15, 0.2) is 22.7 Å². The molecule has 0 unspecified atom stereocenters. The Kier molecular flexibility index (Phi) is 4.72. The molecule has 5 nitrogen and oxygen atoms in total. The van der Waals surface area contributed by atoms with E-state index in [0.717, 1.165) is 0 Å². The Morgan fingerprint density at radius 2 is 2.18 bits per heavy atom. The van der Waals surface area contributed by atoms with Gasteiger partial charge in [0.1, 0.15) is 11.5 Å². The second kappa shape index (κ2) is 5.65. The Hall–Kier alpha value is -0.860. The first kappa shape index (κ1) is 14.2. The van der Waals surface area contributed by atoms with Gasteiger partial charge in [0, 0.05) is 10.5 Å². The number of halogens is 1. The second-order valence-electron chi connectivity index (χ2n) is 3.21. The van der Waals surface area contributed by atoms with Crippen molar-refractivity contribution in [2.24, 2.45) is 5.73 Å². The number of benzene rings is 1. The summed E-state index contributed by atoms with van der Waals surface area (Å²) in [7, 11) is -2.07. The van der Waals surface area contributed by atoms with Crippen LogP contribution in [0.4, 0.5) is 5.69 Å². The number of anilines is 1. The molecule has 0 fully saturated rings. The Morgan fingerprint density at radius 3 is 2.71 bits per heavy atom. The highest BCUT2D eigenvalue weighted by atomic mass is 79.9. The maximum Gasteiger partial charge on any atom is 0.239 e. The molecule has 1 rings (SSSR count). The third-order valence-corrected chi connectivity index (χ3v) is 3.74. The van der Waals surface area contributed by atoms with E-state index in [9.17, 15) is 8.42 Å². The molecular formula is C9H11BrN2O3S2. The maximum atomic E-state index is 11.6. The summed E-state index contributed by atoms with van der Waals surface area (Å²) >= 11 is 7.81. The van der Waals surface area contributed by atoms with Gasteiger partial charge in [0.05, 0.1) is 17.8 Å². The molecule has 0 aliphatic heterocycles. The highest BCUT2D eigenvalue weighted by Crippen LogP contribution is 2.25. The molecule has 0 aromatic heterocycles. The monoisotopic (exact) mass is 338 g/mol. The molecule has 0 aliphatic rings. The van der Waals surface area contributed by atoms with Gasteiger partial charge >= 0.3 is 0 Å². The van der Waals surface area contributed by atoms with Crippen LogP contribution in [-0.4, -0.2) is 26.3 Å². The summed E-state index contributed by atoms with van der Waals surface area (Å²) in [5, 5.41) is 0. The molecule has 0 aliphatic carbocycles. The van der Waals surface area contributed by atoms with Crippen LogP contribution in [-0.2, 0) is 10.0 Å². The second-order valence-corrected chi connectivity index (χ2v) is 6.37. The molecule has 0 saturated carbocycles. The van der Waals surface area contributed by atoms with Gasteiger partial charge in [0.2, 0.25) is 10.0 Å². The molecule has 8 heteroatoms. The van der Waals surface area contributed by atoms with Crippen LogP contribution in [0.3, 0.4) is 0 Å². The van der Waals surface area contributed by atoms with E-state index in [4.69, 9.17) is 10.5 Å². The molecule has 0 radical (unpaired) electrons. The molecule has 17 heavy (non-hydrogen) atoms. The van der Waals surface area contributed by atoms with Crippen molar-refractivity contribution < 1.29 is 13.2 Å². The van der Waals surface area contributed by atoms with Crippen LogP contribution in [0, 0.1) is 0 Å². The summed E-state index contributed by atoms with van der Waals surface area (Å²) in [4.78, 5) is -0.0838. The highest BCUT2D eigenvalue weighted by Gasteiger charge is 2.12. The van der Waals surface area contributed by atoms with Crippen molar-refractivity contribution in [3.05, 3.63) is 22.7 Å². The van der Waals surface area contributed by atoms with Crippen molar-refractivity contribution in [3.8, 4) is 5.75 Å². The number of hydrogen-bond acceptors (Lipinski definition) is 4. The predicted molar refractivity (Wildman–Crippen MR) is 74.9 cm³/mol. The van der Waals surface area contributed by atoms with Crippen LogP contribution in [0.1, 0.15) is 0 Å². The SMILES string of the molecule is COc1cc(Br)cc(NS(=O)(=O)CC(N)=S)c1. The van der Waals surface area contributed by atoms with Gasteiger partial charge in [-0.2, -0.15) is 0 Å². The van der Waals surface area contributed by atoms with Crippen LogP contribution in [0.5, 0.6) is 5.75 Å². The fraction of sp³-hybridized carbons (Fsp3) is 0.222. The number of hydrogen-bond donors (Lipinski definition) is 2. The van der Waals surface area contributed by atoms with Crippen molar-refractivity contribution in [1.82, 2.24) is 0 Å². The van der Waals surface area contributed by atoms with Crippen LogP contribution < -0.4 is 15.2 Å². The van der Waals surface area contributed by atoms with E-state index in [2.05, 4.69) is 32.9 Å². The van der Waals surface area contributed by atoms with Crippen LogP contribution in [0.25, 0.3) is 0 Å². The number of sulfonamides is 1. The molecule has 0 bridgehead atoms. The largest absolute Gasteiger partial charge is 0.497 e. The lowest BCUT2D eigenvalue weighted by atomic mass is 10.3. The molecule has 94 valence electrons. The number of nitrogens with two attached hydrogens (primary N) is 1. The summed E-state index contributed by atoms with van der Waals surface area (Å²) in [5.41, 5.74) is 5.58. The quantitative estimate of drug-likeness (QED) is 0.795. The summed E-state index contributed by atoms with van der Waals surface area (Å²) < 4.78 is 31.2. The topological polar surface area (TPSA) is 81.4 Å². The van der Waals surface area contributed by atoms with Crippen molar-refractivity contribution in [3.63, 3.8) is 0 Å². The van der Waals surface area contributed by atoms with Crippen molar-refractivity contribution in [2.45, 2.75) is 0 Å². The summed E-state index contributed by atoms with van der Waals surface area (Å²) in [6.45, 7) is 0. The molecule has 3 N–H and O–H groups in total. The van der Waals surface area contributed by atoms with E-state index in [-0.39, 0.29) is 4.99 Å². The Bertz CT molecular complexity index is 531. The van der Waals surface area contributed by atoms with Crippen LogP contribution in [0.2, 0.25) is 0 Å². The summed E-state index contributed by atoms with van der Waals surface area (Å²) in [5.74, 6) is 0.143. The van der Waals surface area contributed by atoms with Crippen molar-refractivity contribution >= 4 is 48.8 Å². The van der Waals surface area contributed by atoms with E-state index < -0.39 is 15.8 Å². The Balaban J connectivity index is 2.95. The number of ether oxygens (including phenoxy) is 1. The molecule has 0 amide bonds. The van der Waals surface area contributed by atoms with Gasteiger partial charge in [-0.3, -0.25) is 4.72 Å². The molecule has 1 aromatic rings. The van der Waals surface area contributed by atoms with Gasteiger partial charge in [0.15, 0.2) is 0 Å². The fourth-order valence-electron chi connectivity index (χ4n) is 1.14. The Labute approximate surface area is 114 Å². The number of methoxy groups -OCH3 is 1. The first-order valence-corrected chi connectivity index (χ1v) is 7.31. The Morgan fingerprint density at radius 1 is 1.53 bits per heavy atom. The van der Waals surface area contributed by atoms with Gasteiger partial charge in [0.25, 0.3) is 0 Å². The lowest BCUT2D eigenvalue weighted by Crippen LogP contribution is -2.26. The number of rotatable bonds is 5. The average Bonchev–Trinajstić information content (AvgIpc) is 2.13. The van der Waals surface area contributed by atoms with E-state index >= 15 is 0 Å². The normalized spacial score (nSPS) is 10.9. The minimum atomic E-state index is -3.57. The predicted octanol–water partition coefficient (Wildman–Crippen LogP) is 1.49. The zero-order valence-corrected chi connectivity index (χ0v) is 12.2. The van der Waals surface area contributed by atoms with Crippen molar-refractivity contribution in [2.75, 3.05) is 17.6 Å². The molecule has 0 saturated heterocycles. The summed E-state index contributed by atoms with van der Waals surface area (Å²) in [6.07, 6.45) is 0.